The standard InChI is InChI=1S/C22H14F3N7O3S/c23-22(24,25)11-1-3-12(4-2-11)26-19(33)29-20-28-16-8-6-14(10-18(16)36-20)35-21(34)27-13-5-7-15-17(9-13)31-32-30-15/h1-10H,(H,27,34)(H,30,31,32)(H2,26,28,29,33). The van der Waals surface area contributed by atoms with E-state index < -0.39 is 23.9 Å². The molecule has 0 aliphatic rings. The minimum atomic E-state index is -4.46. The Morgan fingerprint density at radius 1 is 0.889 bits per heavy atom. The van der Waals surface area contributed by atoms with Gasteiger partial charge in [0, 0.05) is 17.4 Å². The maximum absolute atomic E-state index is 12.7. The summed E-state index contributed by atoms with van der Waals surface area (Å²) in [7, 11) is 0. The number of benzene rings is 3. The van der Waals surface area contributed by atoms with Crippen molar-refractivity contribution in [3.63, 3.8) is 0 Å². The Kier molecular flexibility index (Phi) is 5.85. The molecule has 3 amide bonds. The number of H-pyrrole nitrogens is 1. The number of amides is 3. The SMILES string of the molecule is O=C(Nc1ccc(C(F)(F)F)cc1)Nc1nc2ccc(OC(=O)Nc3ccc4[nH]nnc4c3)cc2s1. The highest BCUT2D eigenvalue weighted by atomic mass is 32.1. The summed E-state index contributed by atoms with van der Waals surface area (Å²) < 4.78 is 44.0. The highest BCUT2D eigenvalue weighted by Gasteiger charge is 2.30. The number of thiazole rings is 1. The van der Waals surface area contributed by atoms with Crippen LogP contribution in [0, 0.1) is 0 Å². The van der Waals surface area contributed by atoms with Crippen molar-refractivity contribution in [3.8, 4) is 5.75 Å². The number of alkyl halides is 3. The van der Waals surface area contributed by atoms with E-state index >= 15 is 0 Å². The van der Waals surface area contributed by atoms with Gasteiger partial charge in [0.05, 0.1) is 21.3 Å². The molecule has 5 rings (SSSR count). The first-order chi connectivity index (χ1) is 17.2. The number of nitrogens with zero attached hydrogens (tertiary/aromatic N) is 3. The molecular formula is C22H14F3N7O3S. The summed E-state index contributed by atoms with van der Waals surface area (Å²) in [5.74, 6) is 0.256. The van der Waals surface area contributed by atoms with Gasteiger partial charge in [-0.2, -0.15) is 13.2 Å². The smallest absolute Gasteiger partial charge is 0.410 e. The Morgan fingerprint density at radius 3 is 2.44 bits per heavy atom. The average molecular weight is 513 g/mol. The van der Waals surface area contributed by atoms with E-state index in [0.717, 1.165) is 41.1 Å². The van der Waals surface area contributed by atoms with E-state index in [0.29, 0.717) is 21.4 Å². The van der Waals surface area contributed by atoms with Gasteiger partial charge in [-0.05, 0) is 54.6 Å². The van der Waals surface area contributed by atoms with Crippen LogP contribution in [0.15, 0.2) is 60.7 Å². The molecule has 0 fully saturated rings. The number of anilines is 3. The predicted octanol–water partition coefficient (Wildman–Crippen LogP) is 5.84. The van der Waals surface area contributed by atoms with E-state index in [2.05, 4.69) is 36.3 Å². The van der Waals surface area contributed by atoms with Crippen molar-refractivity contribution in [2.24, 2.45) is 0 Å². The predicted molar refractivity (Wildman–Crippen MR) is 127 cm³/mol. The first-order valence-electron chi connectivity index (χ1n) is 10.2. The summed E-state index contributed by atoms with van der Waals surface area (Å²) in [4.78, 5) is 28.8. The quantitative estimate of drug-likeness (QED) is 0.239. The zero-order chi connectivity index (χ0) is 25.3. The molecule has 0 atom stereocenters. The van der Waals surface area contributed by atoms with Crippen molar-refractivity contribution < 1.29 is 27.5 Å². The van der Waals surface area contributed by atoms with Crippen LogP contribution in [0.3, 0.4) is 0 Å². The molecule has 0 unspecified atom stereocenters. The van der Waals surface area contributed by atoms with E-state index in [4.69, 9.17) is 4.74 Å². The summed E-state index contributed by atoms with van der Waals surface area (Å²) in [6.45, 7) is 0. The zero-order valence-corrected chi connectivity index (χ0v) is 18.7. The number of rotatable bonds is 4. The number of urea groups is 1. The van der Waals surface area contributed by atoms with Gasteiger partial charge in [-0.1, -0.05) is 16.6 Å². The summed E-state index contributed by atoms with van der Waals surface area (Å²) >= 11 is 1.13. The first kappa shape index (κ1) is 23.0. The molecule has 0 aliphatic heterocycles. The van der Waals surface area contributed by atoms with E-state index in [1.165, 1.54) is 0 Å². The summed E-state index contributed by atoms with van der Waals surface area (Å²) in [5.41, 5.74) is 1.71. The largest absolute Gasteiger partial charge is 0.417 e. The number of ether oxygens (including phenoxy) is 1. The minimum Gasteiger partial charge on any atom is -0.410 e. The summed E-state index contributed by atoms with van der Waals surface area (Å²) in [6.07, 6.45) is -5.17. The molecule has 0 spiro atoms. The fourth-order valence-corrected chi connectivity index (χ4v) is 4.08. The number of hydrogen-bond donors (Lipinski definition) is 4. The molecule has 0 saturated carbocycles. The van der Waals surface area contributed by atoms with Crippen molar-refractivity contribution in [1.82, 2.24) is 20.4 Å². The van der Waals surface area contributed by atoms with Crippen LogP contribution in [0.25, 0.3) is 21.3 Å². The van der Waals surface area contributed by atoms with Gasteiger partial charge in [0.25, 0.3) is 0 Å². The molecule has 10 nitrogen and oxygen atoms in total. The third-order valence-electron chi connectivity index (χ3n) is 4.83. The molecule has 36 heavy (non-hydrogen) atoms. The lowest BCUT2D eigenvalue weighted by Gasteiger charge is -2.08. The van der Waals surface area contributed by atoms with Crippen LogP contribution in [0.1, 0.15) is 5.56 Å². The molecule has 2 heterocycles. The second kappa shape index (κ2) is 9.14. The Hall–Kier alpha value is -4.72. The topological polar surface area (TPSA) is 134 Å². The van der Waals surface area contributed by atoms with Gasteiger partial charge < -0.3 is 10.1 Å². The second-order valence-electron chi connectivity index (χ2n) is 7.36. The fraction of sp³-hybridized carbons (Fsp3) is 0.0455. The van der Waals surface area contributed by atoms with E-state index in [-0.39, 0.29) is 16.6 Å². The normalized spacial score (nSPS) is 11.4. The number of aromatic nitrogens is 4. The molecular weight excluding hydrogens is 499 g/mol. The van der Waals surface area contributed by atoms with Gasteiger partial charge in [-0.25, -0.2) is 14.6 Å². The maximum Gasteiger partial charge on any atom is 0.417 e. The Morgan fingerprint density at radius 2 is 1.67 bits per heavy atom. The Labute approximate surface area is 203 Å². The number of fused-ring (bicyclic) bond motifs is 2. The zero-order valence-electron chi connectivity index (χ0n) is 17.9. The molecule has 14 heteroatoms. The fourth-order valence-electron chi connectivity index (χ4n) is 3.19. The van der Waals surface area contributed by atoms with Crippen LogP contribution >= 0.6 is 11.3 Å². The number of halogens is 3. The molecule has 3 aromatic carbocycles. The number of aromatic amines is 1. The van der Waals surface area contributed by atoms with E-state index in [1.54, 1.807) is 36.4 Å². The highest BCUT2D eigenvalue weighted by Crippen LogP contribution is 2.31. The Bertz CT molecular complexity index is 1580. The van der Waals surface area contributed by atoms with Gasteiger partial charge >= 0.3 is 18.3 Å². The van der Waals surface area contributed by atoms with Crippen molar-refractivity contribution in [2.75, 3.05) is 16.0 Å². The van der Waals surface area contributed by atoms with Crippen molar-refractivity contribution in [3.05, 3.63) is 66.2 Å². The number of carbonyl (C=O) groups excluding carboxylic acids is 2. The minimum absolute atomic E-state index is 0.186. The lowest BCUT2D eigenvalue weighted by molar-refractivity contribution is -0.137. The van der Waals surface area contributed by atoms with Crippen LogP contribution in [-0.4, -0.2) is 32.5 Å². The molecule has 0 saturated heterocycles. The van der Waals surface area contributed by atoms with Crippen LogP contribution in [-0.2, 0) is 6.18 Å². The summed E-state index contributed by atoms with van der Waals surface area (Å²) in [5, 5.41) is 18.1. The highest BCUT2D eigenvalue weighted by molar-refractivity contribution is 7.22. The van der Waals surface area contributed by atoms with Gasteiger partial charge in [0.2, 0.25) is 0 Å². The van der Waals surface area contributed by atoms with Crippen molar-refractivity contribution >= 4 is 61.2 Å². The second-order valence-corrected chi connectivity index (χ2v) is 8.39. The summed E-state index contributed by atoms with van der Waals surface area (Å²) in [6, 6.07) is 13.2. The maximum atomic E-state index is 12.7. The monoisotopic (exact) mass is 513 g/mol. The van der Waals surface area contributed by atoms with Crippen LogP contribution in [0.5, 0.6) is 5.75 Å². The van der Waals surface area contributed by atoms with Gasteiger partial charge in [0.15, 0.2) is 5.13 Å². The van der Waals surface area contributed by atoms with Crippen LogP contribution < -0.4 is 20.7 Å². The van der Waals surface area contributed by atoms with Gasteiger partial charge in [-0.15, -0.1) is 5.10 Å². The number of hydrogen-bond acceptors (Lipinski definition) is 7. The number of nitrogens with one attached hydrogen (secondary N) is 4. The molecule has 0 bridgehead atoms. The van der Waals surface area contributed by atoms with E-state index in [1.807, 2.05) is 0 Å². The van der Waals surface area contributed by atoms with Gasteiger partial charge in [0.1, 0.15) is 11.3 Å². The number of carbonyl (C=O) groups is 2. The lowest BCUT2D eigenvalue weighted by atomic mass is 10.2. The molecule has 5 aromatic rings. The van der Waals surface area contributed by atoms with Gasteiger partial charge in [-0.3, -0.25) is 15.7 Å². The molecule has 0 aliphatic carbocycles. The third kappa shape index (κ3) is 5.17. The lowest BCUT2D eigenvalue weighted by Crippen LogP contribution is -2.19. The Balaban J connectivity index is 1.20. The molecule has 4 N–H and O–H groups in total. The van der Waals surface area contributed by atoms with E-state index in [9.17, 15) is 22.8 Å². The third-order valence-corrected chi connectivity index (χ3v) is 5.77. The van der Waals surface area contributed by atoms with Crippen LogP contribution in [0.4, 0.5) is 39.3 Å². The average Bonchev–Trinajstić information content (AvgIpc) is 3.44. The van der Waals surface area contributed by atoms with Crippen molar-refractivity contribution in [1.29, 1.82) is 0 Å². The molecule has 0 radical (unpaired) electrons. The van der Waals surface area contributed by atoms with Crippen molar-refractivity contribution in [2.45, 2.75) is 6.18 Å². The van der Waals surface area contributed by atoms with Crippen LogP contribution in [0.2, 0.25) is 0 Å². The first-order valence-corrected chi connectivity index (χ1v) is 11.0. The molecule has 2 aromatic heterocycles. The molecule has 182 valence electrons.